The summed E-state index contributed by atoms with van der Waals surface area (Å²) < 4.78 is 14.0. The highest BCUT2D eigenvalue weighted by Crippen LogP contribution is 2.31. The summed E-state index contributed by atoms with van der Waals surface area (Å²) in [6.45, 7) is 5.24. The van der Waals surface area contributed by atoms with E-state index in [1.807, 2.05) is 55.5 Å². The molecule has 1 amide bonds. The van der Waals surface area contributed by atoms with Gasteiger partial charge in [-0.15, -0.1) is 0 Å². The molecule has 0 saturated carbocycles. The molecule has 1 aliphatic heterocycles. The number of fused-ring (bicyclic) bond motifs is 1. The van der Waals surface area contributed by atoms with Gasteiger partial charge in [0.1, 0.15) is 5.82 Å². The number of hydrogen-bond donors (Lipinski definition) is 3. The van der Waals surface area contributed by atoms with E-state index in [0.29, 0.717) is 16.7 Å². The first-order chi connectivity index (χ1) is 18.8. The van der Waals surface area contributed by atoms with Crippen LogP contribution in [-0.4, -0.2) is 22.7 Å². The molecule has 0 unspecified atom stereocenters. The van der Waals surface area contributed by atoms with Gasteiger partial charge in [0.2, 0.25) is 0 Å². The molecule has 1 heterocycles. The van der Waals surface area contributed by atoms with Crippen LogP contribution in [0.5, 0.6) is 0 Å². The molecule has 0 fully saturated rings. The molecule has 4 aromatic carbocycles. The zero-order chi connectivity index (χ0) is 27.5. The molecule has 0 bridgehead atoms. The van der Waals surface area contributed by atoms with Crippen molar-refractivity contribution >= 4 is 11.6 Å². The minimum atomic E-state index is -1.52. The van der Waals surface area contributed by atoms with Crippen molar-refractivity contribution in [3.05, 3.63) is 124 Å². The average molecular weight is 525 g/mol. The molecule has 4 aromatic rings. The van der Waals surface area contributed by atoms with Gasteiger partial charge < -0.3 is 20.4 Å². The van der Waals surface area contributed by atoms with Crippen LogP contribution in [0.15, 0.2) is 84.9 Å². The average Bonchev–Trinajstić information content (AvgIpc) is 2.94. The zero-order valence-corrected chi connectivity index (χ0v) is 22.2. The van der Waals surface area contributed by atoms with Crippen LogP contribution in [0.1, 0.15) is 63.9 Å². The van der Waals surface area contributed by atoms with Gasteiger partial charge in [-0.25, -0.2) is 4.39 Å². The molecular formula is C33H33FN2O3. The first-order valence-corrected chi connectivity index (χ1v) is 13.3. The maximum absolute atomic E-state index is 14.0. The summed E-state index contributed by atoms with van der Waals surface area (Å²) in [6.07, 6.45) is 0.383. The molecular weight excluding hydrogens is 491 g/mol. The van der Waals surface area contributed by atoms with Gasteiger partial charge in [0.05, 0.1) is 6.04 Å². The summed E-state index contributed by atoms with van der Waals surface area (Å²) in [5.41, 5.74) is 7.55. The highest BCUT2D eigenvalue weighted by atomic mass is 19.1. The van der Waals surface area contributed by atoms with Gasteiger partial charge in [-0.3, -0.25) is 4.79 Å². The normalized spacial score (nSPS) is 13.7. The quantitative estimate of drug-likeness (QED) is 0.251. The summed E-state index contributed by atoms with van der Waals surface area (Å²) in [7, 11) is 0. The van der Waals surface area contributed by atoms with Crippen LogP contribution in [0.4, 0.5) is 10.1 Å². The van der Waals surface area contributed by atoms with E-state index in [2.05, 4.69) is 22.3 Å². The lowest BCUT2D eigenvalue weighted by molar-refractivity contribution is -0.0420. The maximum atomic E-state index is 14.0. The van der Waals surface area contributed by atoms with E-state index < -0.39 is 6.29 Å². The van der Waals surface area contributed by atoms with E-state index in [-0.39, 0.29) is 17.8 Å². The summed E-state index contributed by atoms with van der Waals surface area (Å²) in [5, 5.41) is 22.4. The molecule has 1 atom stereocenters. The molecule has 0 aromatic heterocycles. The smallest absolute Gasteiger partial charge is 0.251 e. The second-order valence-electron chi connectivity index (χ2n) is 10.2. The van der Waals surface area contributed by atoms with Crippen LogP contribution in [-0.2, 0) is 13.0 Å². The third-order valence-corrected chi connectivity index (χ3v) is 7.48. The molecule has 39 heavy (non-hydrogen) atoms. The number of hydrogen-bond acceptors (Lipinski definition) is 4. The molecule has 5 nitrogen and oxygen atoms in total. The number of rotatable bonds is 7. The predicted octanol–water partition coefficient (Wildman–Crippen LogP) is 6.23. The van der Waals surface area contributed by atoms with Gasteiger partial charge in [0, 0.05) is 29.9 Å². The molecule has 0 aliphatic carbocycles. The van der Waals surface area contributed by atoms with Crippen molar-refractivity contribution in [1.29, 1.82) is 0 Å². The number of amides is 1. The van der Waals surface area contributed by atoms with Crippen LogP contribution in [0, 0.1) is 12.7 Å². The third kappa shape index (κ3) is 5.87. The highest BCUT2D eigenvalue weighted by Gasteiger charge is 2.20. The van der Waals surface area contributed by atoms with Crippen molar-refractivity contribution in [1.82, 2.24) is 5.32 Å². The van der Waals surface area contributed by atoms with Gasteiger partial charge in [0.15, 0.2) is 6.29 Å². The standard InChI is InChI=1S/C33H33FN2O3/c1-21-9-12-25(19-30(21)34)22(2)35-32(37)27-15-16-31-26(18-27)6-5-17-36(31)20-23-10-13-24(14-11-23)28-7-3-4-8-29(28)33(38)39/h3-4,7-16,18-19,22,33,38-39H,5-6,17,20H2,1-2H3,(H,35,37)/t22-/m0/s1. The van der Waals surface area contributed by atoms with E-state index in [4.69, 9.17) is 0 Å². The minimum absolute atomic E-state index is 0.174. The topological polar surface area (TPSA) is 72.8 Å². The Balaban J connectivity index is 1.28. The van der Waals surface area contributed by atoms with Crippen LogP contribution < -0.4 is 10.2 Å². The number of aliphatic hydroxyl groups is 2. The van der Waals surface area contributed by atoms with Crippen molar-refractivity contribution in [2.24, 2.45) is 0 Å². The van der Waals surface area contributed by atoms with E-state index in [1.165, 1.54) is 6.07 Å². The van der Waals surface area contributed by atoms with Crippen LogP contribution in [0.25, 0.3) is 11.1 Å². The first kappa shape index (κ1) is 26.6. The second-order valence-corrected chi connectivity index (χ2v) is 10.2. The lowest BCUT2D eigenvalue weighted by Crippen LogP contribution is -2.30. The van der Waals surface area contributed by atoms with Crippen molar-refractivity contribution in [3.63, 3.8) is 0 Å². The maximum Gasteiger partial charge on any atom is 0.251 e. The largest absolute Gasteiger partial charge is 0.367 e. The molecule has 0 spiro atoms. The summed E-state index contributed by atoms with van der Waals surface area (Å²) in [6, 6.07) is 26.0. The summed E-state index contributed by atoms with van der Waals surface area (Å²) in [5.74, 6) is -0.446. The Morgan fingerprint density at radius 1 is 1.00 bits per heavy atom. The number of anilines is 1. The van der Waals surface area contributed by atoms with Crippen molar-refractivity contribution in [3.8, 4) is 11.1 Å². The molecule has 5 rings (SSSR count). The van der Waals surface area contributed by atoms with Gasteiger partial charge in [-0.05, 0) is 84.3 Å². The number of halogens is 1. The number of carbonyl (C=O) groups excluding carboxylic acids is 1. The van der Waals surface area contributed by atoms with Crippen LogP contribution >= 0.6 is 0 Å². The predicted molar refractivity (Wildman–Crippen MR) is 152 cm³/mol. The van der Waals surface area contributed by atoms with Crippen molar-refractivity contribution in [2.45, 2.75) is 45.6 Å². The lowest BCUT2D eigenvalue weighted by Gasteiger charge is -2.32. The molecule has 0 radical (unpaired) electrons. The Hall–Kier alpha value is -4.00. The first-order valence-electron chi connectivity index (χ1n) is 13.3. The fourth-order valence-electron chi connectivity index (χ4n) is 5.22. The molecule has 0 saturated heterocycles. The van der Waals surface area contributed by atoms with E-state index >= 15 is 0 Å². The van der Waals surface area contributed by atoms with Crippen molar-refractivity contribution < 1.29 is 19.4 Å². The van der Waals surface area contributed by atoms with Gasteiger partial charge in [-0.2, -0.15) is 0 Å². The number of aryl methyl sites for hydroxylation is 2. The molecule has 200 valence electrons. The van der Waals surface area contributed by atoms with Crippen molar-refractivity contribution in [2.75, 3.05) is 11.4 Å². The summed E-state index contributed by atoms with van der Waals surface area (Å²) >= 11 is 0. The van der Waals surface area contributed by atoms with Gasteiger partial charge in [-0.1, -0.05) is 60.7 Å². The molecule has 1 aliphatic rings. The van der Waals surface area contributed by atoms with E-state index in [1.54, 1.807) is 25.1 Å². The second kappa shape index (κ2) is 11.4. The number of nitrogens with zero attached hydrogens (tertiary/aromatic N) is 1. The highest BCUT2D eigenvalue weighted by molar-refractivity contribution is 5.95. The van der Waals surface area contributed by atoms with E-state index in [0.717, 1.165) is 59.4 Å². The lowest BCUT2D eigenvalue weighted by atomic mass is 9.96. The Morgan fingerprint density at radius 2 is 1.77 bits per heavy atom. The van der Waals surface area contributed by atoms with Crippen LogP contribution in [0.2, 0.25) is 0 Å². The number of aliphatic hydroxyl groups excluding tert-OH is 1. The Kier molecular flexibility index (Phi) is 7.77. The monoisotopic (exact) mass is 524 g/mol. The Labute approximate surface area is 228 Å². The van der Waals surface area contributed by atoms with Crippen LogP contribution in [0.3, 0.4) is 0 Å². The number of benzene rings is 4. The number of nitrogens with one attached hydrogen (secondary N) is 1. The zero-order valence-electron chi connectivity index (χ0n) is 22.2. The fraction of sp³-hybridized carbons (Fsp3) is 0.242. The fourth-order valence-corrected chi connectivity index (χ4v) is 5.22. The molecule has 3 N–H and O–H groups in total. The van der Waals surface area contributed by atoms with E-state index in [9.17, 15) is 19.4 Å². The minimum Gasteiger partial charge on any atom is -0.367 e. The van der Waals surface area contributed by atoms with Gasteiger partial charge in [0.25, 0.3) is 5.91 Å². The van der Waals surface area contributed by atoms with Gasteiger partial charge >= 0.3 is 0 Å². The molecule has 6 heteroatoms. The Morgan fingerprint density at radius 3 is 2.51 bits per heavy atom. The number of carbonyl (C=O) groups is 1. The third-order valence-electron chi connectivity index (χ3n) is 7.48. The Bertz CT molecular complexity index is 1480. The summed E-state index contributed by atoms with van der Waals surface area (Å²) in [4.78, 5) is 15.3. The SMILES string of the molecule is Cc1ccc([C@H](C)NC(=O)c2ccc3c(c2)CCCN3Cc2ccc(-c3ccccc3C(O)O)cc2)cc1F.